The van der Waals surface area contributed by atoms with Crippen LogP contribution >= 0.6 is 22.6 Å². The molecule has 0 radical (unpaired) electrons. The summed E-state index contributed by atoms with van der Waals surface area (Å²) in [4.78, 5) is 4.38. The fourth-order valence-electron chi connectivity index (χ4n) is 2.94. The third-order valence-corrected chi connectivity index (χ3v) is 6.47. The number of nitriles is 1. The van der Waals surface area contributed by atoms with Gasteiger partial charge in [-0.1, -0.05) is 30.3 Å². The molecule has 1 aromatic heterocycles. The van der Waals surface area contributed by atoms with Crippen molar-refractivity contribution in [1.82, 2.24) is 4.98 Å². The van der Waals surface area contributed by atoms with Crippen LogP contribution in [0.5, 0.6) is 11.5 Å². The third-order valence-electron chi connectivity index (χ3n) is 4.43. The number of oxazole rings is 1. The fraction of sp³-hybridized carbons (Fsp3) is 0.0435. The number of rotatable bonds is 6. The molecule has 32 heavy (non-hydrogen) atoms. The van der Waals surface area contributed by atoms with Gasteiger partial charge in [-0.3, -0.25) is 0 Å². The van der Waals surface area contributed by atoms with E-state index in [9.17, 15) is 13.7 Å². The Kier molecular flexibility index (Phi) is 6.16. The number of ether oxygens (including phenoxy) is 1. The first-order valence-electron chi connectivity index (χ1n) is 9.26. The lowest BCUT2D eigenvalue weighted by molar-refractivity contribution is 0.389. The van der Waals surface area contributed by atoms with Crippen LogP contribution in [0.4, 0.5) is 0 Å². The maximum atomic E-state index is 12.6. The molecule has 160 valence electrons. The Labute approximate surface area is 198 Å². The lowest BCUT2D eigenvalue weighted by atomic mass is 10.1. The predicted octanol–water partition coefficient (Wildman–Crippen LogP) is 5.27. The smallest absolute Gasteiger partial charge is 0.339 e. The van der Waals surface area contributed by atoms with Gasteiger partial charge in [-0.25, -0.2) is 4.98 Å². The average molecular weight is 558 g/mol. The van der Waals surface area contributed by atoms with E-state index in [-0.39, 0.29) is 27.9 Å². The van der Waals surface area contributed by atoms with E-state index in [2.05, 4.69) is 11.1 Å². The standard InChI is InChI=1S/C23H15IN2O5S/c1-29-21-13-15(11-16(14-25)23-26-19-9-5-6-10-20(19)30-23)12-18(24)22(21)31-32(27,28)17-7-3-2-4-8-17/h2-13H,1H3/b16-11+. The van der Waals surface area contributed by atoms with E-state index in [4.69, 9.17) is 13.3 Å². The molecule has 3 aromatic carbocycles. The van der Waals surface area contributed by atoms with E-state index in [1.807, 2.05) is 34.7 Å². The fourth-order valence-corrected chi connectivity index (χ4v) is 4.81. The summed E-state index contributed by atoms with van der Waals surface area (Å²) in [6, 6.07) is 20.4. The number of benzene rings is 3. The van der Waals surface area contributed by atoms with E-state index in [1.54, 1.807) is 48.5 Å². The van der Waals surface area contributed by atoms with Crippen LogP contribution in [0, 0.1) is 14.9 Å². The Morgan fingerprint density at radius 2 is 1.84 bits per heavy atom. The molecule has 0 amide bonds. The van der Waals surface area contributed by atoms with Gasteiger partial charge in [0.25, 0.3) is 0 Å². The zero-order valence-corrected chi connectivity index (χ0v) is 19.6. The minimum atomic E-state index is -4.04. The van der Waals surface area contributed by atoms with Gasteiger partial charge in [-0.2, -0.15) is 13.7 Å². The van der Waals surface area contributed by atoms with Crippen LogP contribution in [0.25, 0.3) is 22.7 Å². The van der Waals surface area contributed by atoms with Gasteiger partial charge in [-0.05, 0) is 70.6 Å². The largest absolute Gasteiger partial charge is 0.493 e. The average Bonchev–Trinajstić information content (AvgIpc) is 3.23. The predicted molar refractivity (Wildman–Crippen MR) is 127 cm³/mol. The van der Waals surface area contributed by atoms with Crippen LogP contribution < -0.4 is 8.92 Å². The van der Waals surface area contributed by atoms with Crippen LogP contribution in [0.3, 0.4) is 0 Å². The molecule has 0 aliphatic rings. The Balaban J connectivity index is 1.72. The molecule has 1 heterocycles. The van der Waals surface area contributed by atoms with Gasteiger partial charge >= 0.3 is 10.1 Å². The van der Waals surface area contributed by atoms with E-state index < -0.39 is 10.1 Å². The van der Waals surface area contributed by atoms with Gasteiger partial charge < -0.3 is 13.3 Å². The van der Waals surface area contributed by atoms with E-state index in [1.165, 1.54) is 19.2 Å². The summed E-state index contributed by atoms with van der Waals surface area (Å²) < 4.78 is 42.2. The SMILES string of the molecule is COc1cc(/C=C(\C#N)c2nc3ccccc3o2)cc(I)c1OS(=O)(=O)c1ccccc1. The molecule has 0 saturated heterocycles. The number of halogens is 1. The van der Waals surface area contributed by atoms with Crippen molar-refractivity contribution in [1.29, 1.82) is 5.26 Å². The maximum Gasteiger partial charge on any atom is 0.339 e. The van der Waals surface area contributed by atoms with Crippen LogP contribution in [-0.4, -0.2) is 20.5 Å². The normalized spacial score (nSPS) is 11.8. The highest BCUT2D eigenvalue weighted by Crippen LogP contribution is 2.37. The summed E-state index contributed by atoms with van der Waals surface area (Å²) in [5, 5.41) is 9.64. The Morgan fingerprint density at radius 1 is 1.12 bits per heavy atom. The third kappa shape index (κ3) is 4.46. The molecule has 0 fully saturated rings. The highest BCUT2D eigenvalue weighted by molar-refractivity contribution is 14.1. The second-order valence-electron chi connectivity index (χ2n) is 6.54. The molecule has 9 heteroatoms. The number of fused-ring (bicyclic) bond motifs is 1. The molecule has 0 saturated carbocycles. The first-order chi connectivity index (χ1) is 15.4. The second-order valence-corrected chi connectivity index (χ2v) is 9.25. The van der Waals surface area contributed by atoms with Crippen molar-refractivity contribution in [2.24, 2.45) is 0 Å². The minimum Gasteiger partial charge on any atom is -0.493 e. The van der Waals surface area contributed by atoms with Gasteiger partial charge in [0, 0.05) is 0 Å². The van der Waals surface area contributed by atoms with E-state index in [0.29, 0.717) is 20.2 Å². The maximum absolute atomic E-state index is 12.6. The molecule has 0 unspecified atom stereocenters. The summed E-state index contributed by atoms with van der Waals surface area (Å²) in [6.07, 6.45) is 1.59. The van der Waals surface area contributed by atoms with Crippen molar-refractivity contribution >= 4 is 55.5 Å². The van der Waals surface area contributed by atoms with Crippen LogP contribution in [-0.2, 0) is 10.1 Å². The number of para-hydroxylation sites is 2. The first-order valence-corrected chi connectivity index (χ1v) is 11.7. The van der Waals surface area contributed by atoms with Gasteiger partial charge in [0.15, 0.2) is 17.1 Å². The summed E-state index contributed by atoms with van der Waals surface area (Å²) in [5.74, 6) is 0.460. The first kappa shape index (κ1) is 21.9. The molecule has 0 aliphatic heterocycles. The van der Waals surface area contributed by atoms with Crippen molar-refractivity contribution in [2.45, 2.75) is 4.90 Å². The number of hydrogen-bond acceptors (Lipinski definition) is 7. The Morgan fingerprint density at radius 3 is 2.53 bits per heavy atom. The highest BCUT2D eigenvalue weighted by Gasteiger charge is 2.22. The topological polar surface area (TPSA) is 102 Å². The lowest BCUT2D eigenvalue weighted by Gasteiger charge is -2.13. The molecule has 0 N–H and O–H groups in total. The molecular formula is C23H15IN2O5S. The van der Waals surface area contributed by atoms with Crippen molar-refractivity contribution in [3.05, 3.63) is 81.8 Å². The molecule has 4 rings (SSSR count). The van der Waals surface area contributed by atoms with Crippen LogP contribution in [0.1, 0.15) is 11.5 Å². The molecular weight excluding hydrogens is 543 g/mol. The summed E-state index contributed by atoms with van der Waals surface area (Å²) in [5.41, 5.74) is 2.02. The number of nitrogens with zero attached hydrogens (tertiary/aromatic N) is 2. The minimum absolute atomic E-state index is 0.0320. The number of methoxy groups -OCH3 is 1. The zero-order valence-electron chi connectivity index (χ0n) is 16.7. The summed E-state index contributed by atoms with van der Waals surface area (Å²) in [7, 11) is -2.63. The van der Waals surface area contributed by atoms with Gasteiger partial charge in [-0.15, -0.1) is 0 Å². The Bertz CT molecular complexity index is 1440. The summed E-state index contributed by atoms with van der Waals surface area (Å²) >= 11 is 1.96. The molecule has 0 spiro atoms. The van der Waals surface area contributed by atoms with Gasteiger partial charge in [0.2, 0.25) is 5.89 Å². The number of allylic oxidation sites excluding steroid dienone is 1. The quantitative estimate of drug-likeness (QED) is 0.180. The van der Waals surface area contributed by atoms with Crippen molar-refractivity contribution in [3.63, 3.8) is 0 Å². The summed E-state index contributed by atoms with van der Waals surface area (Å²) in [6.45, 7) is 0. The monoisotopic (exact) mass is 558 g/mol. The van der Waals surface area contributed by atoms with E-state index >= 15 is 0 Å². The van der Waals surface area contributed by atoms with Gasteiger partial charge in [0.05, 0.1) is 10.7 Å². The van der Waals surface area contributed by atoms with Crippen molar-refractivity contribution in [2.75, 3.05) is 7.11 Å². The van der Waals surface area contributed by atoms with Crippen LogP contribution in [0.15, 0.2) is 76.0 Å². The zero-order chi connectivity index (χ0) is 22.7. The molecule has 0 aliphatic carbocycles. The Hall–Kier alpha value is -3.36. The molecule has 0 atom stereocenters. The van der Waals surface area contributed by atoms with Crippen molar-refractivity contribution < 1.29 is 21.8 Å². The molecule has 7 nitrogen and oxygen atoms in total. The number of aromatic nitrogens is 1. The van der Waals surface area contributed by atoms with Crippen LogP contribution in [0.2, 0.25) is 0 Å². The highest BCUT2D eigenvalue weighted by atomic mass is 127. The van der Waals surface area contributed by atoms with Crippen molar-refractivity contribution in [3.8, 4) is 17.6 Å². The molecule has 0 bridgehead atoms. The second kappa shape index (κ2) is 9.02. The van der Waals surface area contributed by atoms with Gasteiger partial charge in [0.1, 0.15) is 22.1 Å². The van der Waals surface area contributed by atoms with E-state index in [0.717, 1.165) is 0 Å². The molecule has 4 aromatic rings. The number of hydrogen-bond donors (Lipinski definition) is 0. The lowest BCUT2D eigenvalue weighted by Crippen LogP contribution is -2.11.